The van der Waals surface area contributed by atoms with Crippen LogP contribution in [0.1, 0.15) is 96.8 Å². The van der Waals surface area contributed by atoms with Crippen molar-refractivity contribution in [3.05, 3.63) is 0 Å². The van der Waals surface area contributed by atoms with Gasteiger partial charge >= 0.3 is 65.1 Å². The van der Waals surface area contributed by atoms with E-state index in [0.717, 1.165) is 19.3 Å². The van der Waals surface area contributed by atoms with Crippen LogP contribution < -0.4 is 68.9 Å². The SMILES string of the molecule is CCCCCCCCCCCCCCCC(=O)OC[C@@H](O)COP(=O)([O-])[O-].[Na+].[Na+]. The Hall–Kier alpha value is 1.54. The molecule has 10 heteroatoms. The zero-order valence-electron chi connectivity index (χ0n) is 18.7. The van der Waals surface area contributed by atoms with Gasteiger partial charge in [0.05, 0.1) is 14.4 Å². The topological polar surface area (TPSA) is 119 Å². The Kier molecular flexibility index (Phi) is 29.3. The number of carbonyl (C=O) groups is 1. The second-order valence-corrected chi connectivity index (χ2v) is 8.23. The van der Waals surface area contributed by atoms with Gasteiger partial charge in [0.15, 0.2) is 0 Å². The Morgan fingerprint density at radius 2 is 1.24 bits per heavy atom. The molecule has 162 valence electrons. The monoisotopic (exact) mass is 454 g/mol. The summed E-state index contributed by atoms with van der Waals surface area (Å²) in [6, 6.07) is 0. The number of hydrogen-bond acceptors (Lipinski definition) is 7. The maximum Gasteiger partial charge on any atom is 1.00 e. The Labute approximate surface area is 220 Å². The van der Waals surface area contributed by atoms with E-state index in [1.54, 1.807) is 0 Å². The van der Waals surface area contributed by atoms with Crippen molar-refractivity contribution in [2.75, 3.05) is 13.2 Å². The molecular formula is C19H37Na2O7P. The first kappa shape index (κ1) is 35.1. The summed E-state index contributed by atoms with van der Waals surface area (Å²) in [6.07, 6.45) is 14.9. The van der Waals surface area contributed by atoms with E-state index in [2.05, 4.69) is 11.4 Å². The summed E-state index contributed by atoms with van der Waals surface area (Å²) >= 11 is 0. The molecule has 1 atom stereocenters. The molecule has 0 aliphatic rings. The first-order chi connectivity index (χ1) is 12.8. The quantitative estimate of drug-likeness (QED) is 0.0971. The fourth-order valence-corrected chi connectivity index (χ4v) is 3.13. The molecule has 0 bridgehead atoms. The van der Waals surface area contributed by atoms with E-state index >= 15 is 0 Å². The van der Waals surface area contributed by atoms with Gasteiger partial charge in [0, 0.05) is 6.42 Å². The third-order valence-corrected chi connectivity index (χ3v) is 4.81. The van der Waals surface area contributed by atoms with Crippen molar-refractivity contribution in [2.24, 2.45) is 0 Å². The van der Waals surface area contributed by atoms with E-state index in [9.17, 15) is 24.3 Å². The van der Waals surface area contributed by atoms with Crippen molar-refractivity contribution in [2.45, 2.75) is 103 Å². The van der Waals surface area contributed by atoms with Gasteiger partial charge in [0.1, 0.15) is 12.7 Å². The van der Waals surface area contributed by atoms with Gasteiger partial charge in [0.25, 0.3) is 0 Å². The summed E-state index contributed by atoms with van der Waals surface area (Å²) in [4.78, 5) is 32.0. The van der Waals surface area contributed by atoms with Crippen molar-refractivity contribution in [1.29, 1.82) is 0 Å². The van der Waals surface area contributed by atoms with Crippen LogP contribution in [0.2, 0.25) is 0 Å². The maximum absolute atomic E-state index is 11.5. The van der Waals surface area contributed by atoms with E-state index in [1.165, 1.54) is 64.2 Å². The molecule has 0 radical (unpaired) electrons. The Balaban J connectivity index is -0.00000338. The van der Waals surface area contributed by atoms with Crippen molar-refractivity contribution in [3.8, 4) is 0 Å². The molecule has 0 aromatic rings. The van der Waals surface area contributed by atoms with Crippen LogP contribution in [0, 0.1) is 0 Å². The standard InChI is InChI=1S/C19H39O7P.2Na/c1-2-3-4-5-6-7-8-9-10-11-12-13-14-15-19(21)25-16-18(20)17-26-27(22,23)24;;/h18,20H,2-17H2,1H3,(H2,22,23,24);;/q;2*+1/p-2/t18-;;/m1../s1. The molecule has 0 aromatic carbocycles. The van der Waals surface area contributed by atoms with Crippen molar-refractivity contribution in [3.63, 3.8) is 0 Å². The van der Waals surface area contributed by atoms with Gasteiger partial charge in [-0.1, -0.05) is 84.0 Å². The normalized spacial score (nSPS) is 12.0. The molecule has 0 amide bonds. The third kappa shape index (κ3) is 29.5. The molecule has 1 N–H and O–H groups in total. The second kappa shape index (κ2) is 24.2. The molecule has 0 spiro atoms. The van der Waals surface area contributed by atoms with Crippen LogP contribution in [0.15, 0.2) is 0 Å². The summed E-state index contributed by atoms with van der Waals surface area (Å²) in [5, 5.41) is 9.34. The summed E-state index contributed by atoms with van der Waals surface area (Å²) in [5.41, 5.74) is 0. The van der Waals surface area contributed by atoms with E-state index in [1.807, 2.05) is 0 Å². The number of unbranched alkanes of at least 4 members (excludes halogenated alkanes) is 12. The van der Waals surface area contributed by atoms with Crippen molar-refractivity contribution in [1.82, 2.24) is 0 Å². The largest absolute Gasteiger partial charge is 1.00 e. The Morgan fingerprint density at radius 3 is 1.66 bits per heavy atom. The smallest absolute Gasteiger partial charge is 0.790 e. The Morgan fingerprint density at radius 1 is 0.828 bits per heavy atom. The molecule has 0 aromatic heterocycles. The number of hydrogen-bond donors (Lipinski definition) is 1. The molecule has 0 aliphatic heterocycles. The van der Waals surface area contributed by atoms with E-state index in [-0.39, 0.29) is 72.1 Å². The number of aliphatic hydroxyl groups is 1. The number of ether oxygens (including phenoxy) is 1. The predicted molar refractivity (Wildman–Crippen MR) is 101 cm³/mol. The van der Waals surface area contributed by atoms with Crippen LogP contribution in [0.25, 0.3) is 0 Å². The van der Waals surface area contributed by atoms with Gasteiger partial charge < -0.3 is 28.7 Å². The average Bonchev–Trinajstić information content (AvgIpc) is 2.61. The molecule has 0 rings (SSSR count). The third-order valence-electron chi connectivity index (χ3n) is 4.35. The first-order valence-electron chi connectivity index (χ1n) is 10.4. The van der Waals surface area contributed by atoms with E-state index < -0.39 is 26.5 Å². The number of phosphoric acid groups is 1. The summed E-state index contributed by atoms with van der Waals surface area (Å²) in [7, 11) is -5.11. The van der Waals surface area contributed by atoms with Crippen LogP contribution in [0.4, 0.5) is 0 Å². The first-order valence-corrected chi connectivity index (χ1v) is 11.8. The number of esters is 1. The van der Waals surface area contributed by atoms with Crippen molar-refractivity contribution < 1.29 is 92.6 Å². The molecule has 0 aliphatic carbocycles. The van der Waals surface area contributed by atoms with Gasteiger partial charge in [-0.3, -0.25) is 4.79 Å². The molecule has 29 heavy (non-hydrogen) atoms. The van der Waals surface area contributed by atoms with Crippen LogP contribution in [-0.2, 0) is 18.6 Å². The van der Waals surface area contributed by atoms with Gasteiger partial charge in [-0.15, -0.1) is 0 Å². The van der Waals surface area contributed by atoms with Crippen LogP contribution in [0.5, 0.6) is 0 Å². The van der Waals surface area contributed by atoms with Crippen LogP contribution >= 0.6 is 7.82 Å². The van der Waals surface area contributed by atoms with Gasteiger partial charge in [-0.05, 0) is 6.42 Å². The molecule has 0 unspecified atom stereocenters. The van der Waals surface area contributed by atoms with Crippen LogP contribution in [-0.4, -0.2) is 30.4 Å². The molecule has 0 saturated carbocycles. The number of carbonyl (C=O) groups excluding carboxylic acids is 1. The van der Waals surface area contributed by atoms with Gasteiger partial charge in [0.2, 0.25) is 0 Å². The van der Waals surface area contributed by atoms with Gasteiger partial charge in [-0.25, -0.2) is 0 Å². The summed E-state index contributed by atoms with van der Waals surface area (Å²) < 4.78 is 19.0. The Bertz CT molecular complexity index is 408. The number of aliphatic hydroxyl groups excluding tert-OH is 1. The minimum Gasteiger partial charge on any atom is -0.790 e. The second-order valence-electron chi connectivity index (χ2n) is 7.07. The average molecular weight is 454 g/mol. The fourth-order valence-electron chi connectivity index (χ4n) is 2.77. The molecule has 0 saturated heterocycles. The maximum atomic E-state index is 11.5. The minimum atomic E-state index is -5.11. The molecule has 7 nitrogen and oxygen atoms in total. The summed E-state index contributed by atoms with van der Waals surface area (Å²) in [5.74, 6) is -0.440. The zero-order chi connectivity index (χ0) is 20.4. The van der Waals surface area contributed by atoms with E-state index in [4.69, 9.17) is 4.74 Å². The predicted octanol–water partition coefficient (Wildman–Crippen LogP) is -2.77. The minimum absolute atomic E-state index is 0. The zero-order valence-corrected chi connectivity index (χ0v) is 23.6. The molecular weight excluding hydrogens is 417 g/mol. The fraction of sp³-hybridized carbons (Fsp3) is 0.947. The number of phosphoric ester groups is 1. The summed E-state index contributed by atoms with van der Waals surface area (Å²) in [6.45, 7) is 1.16. The van der Waals surface area contributed by atoms with E-state index in [0.29, 0.717) is 0 Å². The number of rotatable bonds is 19. The van der Waals surface area contributed by atoms with Crippen LogP contribution in [0.3, 0.4) is 0 Å². The molecule has 0 fully saturated rings. The van der Waals surface area contributed by atoms with Crippen molar-refractivity contribution >= 4 is 13.8 Å². The van der Waals surface area contributed by atoms with Gasteiger partial charge in [-0.2, -0.15) is 0 Å². The molecule has 0 heterocycles.